The summed E-state index contributed by atoms with van der Waals surface area (Å²) in [6.07, 6.45) is 1.66. The van der Waals surface area contributed by atoms with E-state index in [0.29, 0.717) is 17.6 Å². The van der Waals surface area contributed by atoms with Crippen LogP contribution in [-0.2, 0) is 6.54 Å². The van der Waals surface area contributed by atoms with Gasteiger partial charge in [-0.15, -0.1) is 0 Å². The number of hydrogen-bond acceptors (Lipinski definition) is 4. The van der Waals surface area contributed by atoms with Gasteiger partial charge in [0.25, 0.3) is 5.91 Å². The Labute approximate surface area is 121 Å². The van der Waals surface area contributed by atoms with Crippen molar-refractivity contribution in [1.29, 1.82) is 0 Å². The summed E-state index contributed by atoms with van der Waals surface area (Å²) in [6, 6.07) is 12.7. The van der Waals surface area contributed by atoms with E-state index in [-0.39, 0.29) is 11.7 Å². The highest BCUT2D eigenvalue weighted by atomic mass is 16.5. The number of benzene rings is 1. The van der Waals surface area contributed by atoms with E-state index in [1.165, 1.54) is 0 Å². The number of aromatic nitrogens is 1. The van der Waals surface area contributed by atoms with E-state index in [9.17, 15) is 4.79 Å². The second-order valence-corrected chi connectivity index (χ2v) is 4.53. The van der Waals surface area contributed by atoms with Crippen molar-refractivity contribution in [3.8, 4) is 5.75 Å². The summed E-state index contributed by atoms with van der Waals surface area (Å²) in [5.41, 5.74) is 2.23. The number of nitrogens with one attached hydrogen (secondary N) is 1. The van der Waals surface area contributed by atoms with E-state index in [1.807, 2.05) is 24.3 Å². The minimum absolute atomic E-state index is 0.256. The van der Waals surface area contributed by atoms with Gasteiger partial charge in [0.15, 0.2) is 11.3 Å². The molecule has 1 amide bonds. The fourth-order valence-electron chi connectivity index (χ4n) is 2.03. The molecule has 0 radical (unpaired) electrons. The van der Waals surface area contributed by atoms with Crippen molar-refractivity contribution < 1.29 is 13.9 Å². The molecule has 21 heavy (non-hydrogen) atoms. The van der Waals surface area contributed by atoms with Crippen LogP contribution in [0.25, 0.3) is 11.1 Å². The zero-order valence-electron chi connectivity index (χ0n) is 11.5. The lowest BCUT2D eigenvalue weighted by molar-refractivity contribution is 0.0925. The molecule has 5 nitrogen and oxygen atoms in total. The van der Waals surface area contributed by atoms with Crippen molar-refractivity contribution in [2.75, 3.05) is 7.11 Å². The summed E-state index contributed by atoms with van der Waals surface area (Å²) >= 11 is 0. The molecule has 0 atom stereocenters. The molecule has 3 aromatic rings. The molecule has 0 aliphatic carbocycles. The summed E-state index contributed by atoms with van der Waals surface area (Å²) in [5, 5.41) is 2.81. The van der Waals surface area contributed by atoms with Crippen molar-refractivity contribution >= 4 is 17.0 Å². The monoisotopic (exact) mass is 282 g/mol. The number of rotatable bonds is 4. The average Bonchev–Trinajstić information content (AvgIpc) is 2.97. The molecule has 1 aromatic carbocycles. The summed E-state index contributed by atoms with van der Waals surface area (Å²) in [7, 11) is 1.61. The fourth-order valence-corrected chi connectivity index (χ4v) is 2.03. The third-order valence-corrected chi connectivity index (χ3v) is 3.10. The molecule has 0 saturated carbocycles. The molecule has 0 saturated heterocycles. The van der Waals surface area contributed by atoms with Gasteiger partial charge in [-0.05, 0) is 29.8 Å². The molecule has 0 unspecified atom stereocenters. The number of nitrogens with zero attached hydrogens (tertiary/aromatic N) is 1. The van der Waals surface area contributed by atoms with Crippen LogP contribution in [0.2, 0.25) is 0 Å². The summed E-state index contributed by atoms with van der Waals surface area (Å²) in [5.74, 6) is 0.747. The van der Waals surface area contributed by atoms with E-state index >= 15 is 0 Å². The summed E-state index contributed by atoms with van der Waals surface area (Å²) in [4.78, 5) is 16.2. The normalized spacial score (nSPS) is 10.5. The number of hydrogen-bond donors (Lipinski definition) is 1. The van der Waals surface area contributed by atoms with Crippen LogP contribution in [0.5, 0.6) is 5.75 Å². The molecule has 2 heterocycles. The van der Waals surface area contributed by atoms with E-state index in [0.717, 1.165) is 11.3 Å². The van der Waals surface area contributed by atoms with Crippen LogP contribution in [0.15, 0.2) is 53.1 Å². The average molecular weight is 282 g/mol. The Morgan fingerprint density at radius 1 is 1.29 bits per heavy atom. The molecule has 1 N–H and O–H groups in total. The number of amides is 1. The van der Waals surface area contributed by atoms with Gasteiger partial charge >= 0.3 is 0 Å². The molecular formula is C16H14N2O3. The number of pyridine rings is 1. The maximum atomic E-state index is 12.1. The van der Waals surface area contributed by atoms with Gasteiger partial charge in [0.05, 0.1) is 7.11 Å². The van der Waals surface area contributed by atoms with Gasteiger partial charge in [0.1, 0.15) is 11.3 Å². The molecule has 0 spiro atoms. The Morgan fingerprint density at radius 3 is 3.00 bits per heavy atom. The van der Waals surface area contributed by atoms with Gasteiger partial charge in [-0.2, -0.15) is 0 Å². The van der Waals surface area contributed by atoms with Gasteiger partial charge in [0, 0.05) is 18.8 Å². The van der Waals surface area contributed by atoms with Crippen LogP contribution < -0.4 is 10.1 Å². The first-order valence-electron chi connectivity index (χ1n) is 6.52. The number of carbonyl (C=O) groups excluding carboxylic acids is 1. The molecule has 0 fully saturated rings. The maximum absolute atomic E-state index is 12.1. The van der Waals surface area contributed by atoms with Crippen molar-refractivity contribution in [2.24, 2.45) is 0 Å². The van der Waals surface area contributed by atoms with E-state index < -0.39 is 0 Å². The molecule has 2 aromatic heterocycles. The van der Waals surface area contributed by atoms with Crippen molar-refractivity contribution in [3.05, 3.63) is 60.0 Å². The fraction of sp³-hybridized carbons (Fsp3) is 0.125. The quantitative estimate of drug-likeness (QED) is 0.799. The van der Waals surface area contributed by atoms with Crippen LogP contribution in [-0.4, -0.2) is 18.0 Å². The van der Waals surface area contributed by atoms with E-state index in [2.05, 4.69) is 10.3 Å². The number of methoxy groups -OCH3 is 1. The SMILES string of the molecule is COc1cccc(CNC(=O)c2cc3ncccc3o2)c1. The number of furan rings is 1. The van der Waals surface area contributed by atoms with Gasteiger partial charge in [-0.3, -0.25) is 9.78 Å². The zero-order valence-corrected chi connectivity index (χ0v) is 11.5. The third kappa shape index (κ3) is 2.86. The van der Waals surface area contributed by atoms with Gasteiger partial charge in [-0.25, -0.2) is 0 Å². The van der Waals surface area contributed by atoms with Crippen LogP contribution in [0.3, 0.4) is 0 Å². The molecule has 0 bridgehead atoms. The van der Waals surface area contributed by atoms with Crippen molar-refractivity contribution in [2.45, 2.75) is 6.54 Å². The Morgan fingerprint density at radius 2 is 2.19 bits per heavy atom. The number of fused-ring (bicyclic) bond motifs is 1. The predicted molar refractivity (Wildman–Crippen MR) is 78.2 cm³/mol. The lowest BCUT2D eigenvalue weighted by atomic mass is 10.2. The van der Waals surface area contributed by atoms with Crippen molar-refractivity contribution in [3.63, 3.8) is 0 Å². The highest BCUT2D eigenvalue weighted by molar-refractivity contribution is 5.95. The van der Waals surface area contributed by atoms with Crippen LogP contribution in [0.4, 0.5) is 0 Å². The Hall–Kier alpha value is -2.82. The van der Waals surface area contributed by atoms with Crippen molar-refractivity contribution in [1.82, 2.24) is 10.3 Å². The molecule has 106 valence electrons. The lowest BCUT2D eigenvalue weighted by Crippen LogP contribution is -2.22. The van der Waals surface area contributed by atoms with Gasteiger partial charge in [0.2, 0.25) is 0 Å². The molecule has 5 heteroatoms. The topological polar surface area (TPSA) is 64.4 Å². The Kier molecular flexibility index (Phi) is 3.55. The van der Waals surface area contributed by atoms with E-state index in [1.54, 1.807) is 31.5 Å². The molecule has 0 aliphatic rings. The number of ether oxygens (including phenoxy) is 1. The minimum Gasteiger partial charge on any atom is -0.497 e. The minimum atomic E-state index is -0.268. The highest BCUT2D eigenvalue weighted by Gasteiger charge is 2.12. The highest BCUT2D eigenvalue weighted by Crippen LogP contribution is 2.17. The van der Waals surface area contributed by atoms with Crippen LogP contribution >= 0.6 is 0 Å². The Bertz CT molecular complexity index is 747. The van der Waals surface area contributed by atoms with Crippen LogP contribution in [0, 0.1) is 0 Å². The third-order valence-electron chi connectivity index (χ3n) is 3.10. The van der Waals surface area contributed by atoms with Gasteiger partial charge in [-0.1, -0.05) is 12.1 Å². The first-order chi connectivity index (χ1) is 10.3. The molecular weight excluding hydrogens is 268 g/mol. The Balaban J connectivity index is 1.71. The summed E-state index contributed by atoms with van der Waals surface area (Å²) < 4.78 is 10.6. The van der Waals surface area contributed by atoms with Gasteiger partial charge < -0.3 is 14.5 Å². The number of carbonyl (C=O) groups is 1. The zero-order chi connectivity index (χ0) is 14.7. The second-order valence-electron chi connectivity index (χ2n) is 4.53. The first-order valence-corrected chi connectivity index (χ1v) is 6.52. The standard InChI is InChI=1S/C16H14N2O3/c1-20-12-5-2-4-11(8-12)10-18-16(19)15-9-13-14(21-15)6-3-7-17-13/h2-9H,10H2,1H3,(H,18,19). The molecule has 3 rings (SSSR count). The smallest absolute Gasteiger partial charge is 0.287 e. The summed E-state index contributed by atoms with van der Waals surface area (Å²) in [6.45, 7) is 0.403. The largest absolute Gasteiger partial charge is 0.497 e. The first kappa shape index (κ1) is 13.2. The maximum Gasteiger partial charge on any atom is 0.287 e. The molecule has 0 aliphatic heterocycles. The second kappa shape index (κ2) is 5.66. The van der Waals surface area contributed by atoms with E-state index in [4.69, 9.17) is 9.15 Å². The lowest BCUT2D eigenvalue weighted by Gasteiger charge is -2.05. The predicted octanol–water partition coefficient (Wildman–Crippen LogP) is 2.77. The van der Waals surface area contributed by atoms with Crippen LogP contribution in [0.1, 0.15) is 16.1 Å².